The molecular weight excluding hydrogens is 437 g/mol. The second-order valence-electron chi connectivity index (χ2n) is 7.64. The number of rotatable bonds is 3. The number of aryl methyl sites for hydroxylation is 6. The summed E-state index contributed by atoms with van der Waals surface area (Å²) in [5.41, 5.74) is 6.90. The van der Waals surface area contributed by atoms with E-state index in [0.29, 0.717) is 0 Å². The van der Waals surface area contributed by atoms with Crippen LogP contribution in [0.4, 0.5) is 0 Å². The van der Waals surface area contributed by atoms with Crippen molar-refractivity contribution in [1.82, 2.24) is 0 Å². The molecule has 0 aromatic heterocycles. The van der Waals surface area contributed by atoms with Crippen LogP contribution in [-0.2, 0) is 0 Å². The first-order valence-corrected chi connectivity index (χ1v) is 11.1. The van der Waals surface area contributed by atoms with Crippen molar-refractivity contribution >= 4 is 46.9 Å². The van der Waals surface area contributed by atoms with Gasteiger partial charge in [-0.3, -0.25) is 0 Å². The molecule has 0 amide bonds. The molecule has 3 aromatic carbocycles. The Labute approximate surface area is 197 Å². The van der Waals surface area contributed by atoms with Crippen LogP contribution in [0.2, 0.25) is 0 Å². The van der Waals surface area contributed by atoms with Crippen LogP contribution in [0.5, 0.6) is 0 Å². The molecule has 3 rings (SSSR count). The van der Waals surface area contributed by atoms with E-state index in [2.05, 4.69) is 96.1 Å². The van der Waals surface area contributed by atoms with Gasteiger partial charge in [-0.25, -0.2) is 0 Å². The fraction of sp³-hybridized carbons (Fsp3) is 0.250. The van der Waals surface area contributed by atoms with Gasteiger partial charge in [0.2, 0.25) is 0 Å². The Morgan fingerprint density at radius 2 is 0.786 bits per heavy atom. The minimum absolute atomic E-state index is 0. The summed E-state index contributed by atoms with van der Waals surface area (Å²) in [7, 11) is -3.33. The van der Waals surface area contributed by atoms with Crippen molar-refractivity contribution in [3.05, 3.63) is 88.0 Å². The van der Waals surface area contributed by atoms with E-state index in [1.807, 2.05) is 0 Å². The average Bonchev–Trinajstić information content (AvgIpc) is 2.54. The summed E-state index contributed by atoms with van der Waals surface area (Å²) in [4.78, 5) is 14.8. The predicted molar refractivity (Wildman–Crippen MR) is 118 cm³/mol. The zero-order valence-electron chi connectivity index (χ0n) is 17.7. The normalized spacial score (nSPS) is 10.8. The molecule has 0 aliphatic carbocycles. The van der Waals surface area contributed by atoms with E-state index in [-0.39, 0.29) is 40.0 Å². The Kier molecular flexibility index (Phi) is 8.72. The van der Waals surface area contributed by atoms with Gasteiger partial charge in [0.15, 0.2) is 0 Å². The smallest absolute Gasteiger partial charge is 1.00 e. The maximum Gasteiger partial charge on any atom is 2.00 e. The van der Waals surface area contributed by atoms with E-state index in [0.717, 1.165) is 32.3 Å². The molecule has 1 nitrogen and oxygen atoms in total. The molecule has 28 heavy (non-hydrogen) atoms. The van der Waals surface area contributed by atoms with E-state index in [9.17, 15) is 4.80 Å². The van der Waals surface area contributed by atoms with Crippen molar-refractivity contribution < 1.29 is 21.8 Å². The minimum Gasteiger partial charge on any atom is -1.00 e. The largest absolute Gasteiger partial charge is 2.00 e. The third-order valence-electron chi connectivity index (χ3n) is 5.28. The average molecular weight is 464 g/mol. The summed E-state index contributed by atoms with van der Waals surface area (Å²) in [6, 6.07) is 18.9. The fourth-order valence-corrected chi connectivity index (χ4v) is 7.77. The molecule has 142 valence electrons. The molecule has 3 aromatic rings. The van der Waals surface area contributed by atoms with Crippen LogP contribution in [0.15, 0.2) is 54.6 Å². The molecule has 0 aliphatic rings. The first-order valence-electron chi connectivity index (χ1n) is 9.17. The third kappa shape index (κ3) is 4.63. The summed E-state index contributed by atoms with van der Waals surface area (Å²) in [5, 5.41) is 2.92. The van der Waals surface area contributed by atoms with Gasteiger partial charge in [-0.15, -0.1) is 0 Å². The SMILES string of the molecule is Cc1ccc([Si]([O-])(c2ccc(C)cc2C)c2ccc(C)cc2C)c(C)c1.[Br-].[Mg+2]. The van der Waals surface area contributed by atoms with Crippen molar-refractivity contribution in [3.8, 4) is 0 Å². The predicted octanol–water partition coefficient (Wildman–Crippen LogP) is -0.512. The first-order chi connectivity index (χ1) is 12.2. The van der Waals surface area contributed by atoms with Gasteiger partial charge in [0, 0.05) is 0 Å². The molecule has 0 saturated carbocycles. The molecule has 0 radical (unpaired) electrons. The maximum absolute atomic E-state index is 14.8. The van der Waals surface area contributed by atoms with Crippen molar-refractivity contribution in [2.75, 3.05) is 0 Å². The van der Waals surface area contributed by atoms with Crippen molar-refractivity contribution in [2.24, 2.45) is 0 Å². The molecule has 0 saturated heterocycles. The molecule has 4 heteroatoms. The van der Waals surface area contributed by atoms with Gasteiger partial charge in [-0.1, -0.05) is 104 Å². The summed E-state index contributed by atoms with van der Waals surface area (Å²) >= 11 is 0. The summed E-state index contributed by atoms with van der Waals surface area (Å²) in [6.07, 6.45) is 0. The van der Waals surface area contributed by atoms with Crippen LogP contribution in [0, 0.1) is 41.5 Å². The summed E-state index contributed by atoms with van der Waals surface area (Å²) in [5.74, 6) is 0. The summed E-state index contributed by atoms with van der Waals surface area (Å²) < 4.78 is 0. The van der Waals surface area contributed by atoms with Gasteiger partial charge in [-0.2, -0.15) is 0 Å². The van der Waals surface area contributed by atoms with Gasteiger partial charge < -0.3 is 21.8 Å². The standard InChI is InChI=1S/C24H27OSi.BrH.Mg/c1-16-7-10-22(19(4)13-16)26(25,23-11-8-17(2)14-20(23)5)24-12-9-18(3)15-21(24)6;;/h7-15H,1-6H3;1H;/q-1;;+2/p-1. The number of benzene rings is 3. The molecule has 0 heterocycles. The van der Waals surface area contributed by atoms with Crippen LogP contribution >= 0.6 is 0 Å². The number of hydrogen-bond donors (Lipinski definition) is 0. The molecule has 0 N–H and O–H groups in total. The van der Waals surface area contributed by atoms with E-state index in [1.165, 1.54) is 16.7 Å². The van der Waals surface area contributed by atoms with E-state index >= 15 is 0 Å². The zero-order valence-corrected chi connectivity index (χ0v) is 21.7. The third-order valence-corrected chi connectivity index (χ3v) is 9.24. The van der Waals surface area contributed by atoms with Gasteiger partial charge >= 0.3 is 23.1 Å². The van der Waals surface area contributed by atoms with Gasteiger partial charge in [0.1, 0.15) is 0 Å². The van der Waals surface area contributed by atoms with Crippen molar-refractivity contribution in [1.29, 1.82) is 0 Å². The van der Waals surface area contributed by atoms with Crippen LogP contribution in [0.25, 0.3) is 0 Å². The topological polar surface area (TPSA) is 23.1 Å². The van der Waals surface area contributed by atoms with E-state index < -0.39 is 8.32 Å². The molecule has 0 atom stereocenters. The quantitative estimate of drug-likeness (QED) is 0.379. The number of hydrogen-bond acceptors (Lipinski definition) is 1. The van der Waals surface area contributed by atoms with Gasteiger partial charge in [0.25, 0.3) is 0 Å². The molecular formula is C24H27BrMgOSi. The maximum atomic E-state index is 14.8. The molecule has 0 bridgehead atoms. The Morgan fingerprint density at radius 1 is 0.536 bits per heavy atom. The Balaban J connectivity index is 0.00000196. The van der Waals surface area contributed by atoms with Crippen molar-refractivity contribution in [2.45, 2.75) is 41.5 Å². The Morgan fingerprint density at radius 3 is 1.00 bits per heavy atom. The second kappa shape index (κ2) is 9.72. The first kappa shape index (κ1) is 25.1. The Bertz CT molecular complexity index is 859. The van der Waals surface area contributed by atoms with Crippen LogP contribution < -0.4 is 37.3 Å². The van der Waals surface area contributed by atoms with Crippen LogP contribution in [0.3, 0.4) is 0 Å². The van der Waals surface area contributed by atoms with E-state index in [1.54, 1.807) is 0 Å². The molecule has 0 fully saturated rings. The molecule has 0 spiro atoms. The zero-order chi connectivity index (χ0) is 19.1. The second-order valence-corrected chi connectivity index (χ2v) is 10.6. The van der Waals surface area contributed by atoms with Crippen LogP contribution in [-0.4, -0.2) is 31.4 Å². The van der Waals surface area contributed by atoms with Crippen LogP contribution in [0.1, 0.15) is 33.4 Å². The Hall–Kier alpha value is -0.917. The van der Waals surface area contributed by atoms with Gasteiger partial charge in [-0.05, 0) is 41.5 Å². The summed E-state index contributed by atoms with van der Waals surface area (Å²) in [6.45, 7) is 12.5. The minimum atomic E-state index is -3.33. The molecule has 0 aliphatic heterocycles. The van der Waals surface area contributed by atoms with Crippen molar-refractivity contribution in [3.63, 3.8) is 0 Å². The number of halogens is 1. The van der Waals surface area contributed by atoms with Gasteiger partial charge in [0.05, 0.1) is 8.32 Å². The molecule has 0 unspecified atom stereocenters. The monoisotopic (exact) mass is 462 g/mol. The fourth-order valence-electron chi connectivity index (χ4n) is 4.06. The van der Waals surface area contributed by atoms with E-state index in [4.69, 9.17) is 0 Å².